The van der Waals surface area contributed by atoms with E-state index in [0.717, 1.165) is 10.4 Å². The fourth-order valence-electron chi connectivity index (χ4n) is 2.54. The van der Waals surface area contributed by atoms with E-state index >= 15 is 0 Å². The van der Waals surface area contributed by atoms with Crippen LogP contribution in [0.4, 0.5) is 8.78 Å². The molecule has 0 unspecified atom stereocenters. The van der Waals surface area contributed by atoms with Crippen LogP contribution in [0.5, 0.6) is 5.75 Å². The lowest BCUT2D eigenvalue weighted by Crippen LogP contribution is -2.27. The highest BCUT2D eigenvalue weighted by atomic mass is 32.1. The fourth-order valence-corrected chi connectivity index (χ4v) is 3.34. The van der Waals surface area contributed by atoms with Crippen LogP contribution in [-0.4, -0.2) is 12.5 Å². The van der Waals surface area contributed by atoms with Gasteiger partial charge in [-0.25, -0.2) is 0 Å². The van der Waals surface area contributed by atoms with Crippen LogP contribution in [0.3, 0.4) is 0 Å². The van der Waals surface area contributed by atoms with Gasteiger partial charge in [-0.1, -0.05) is 48.5 Å². The van der Waals surface area contributed by atoms with E-state index in [1.54, 1.807) is 29.5 Å². The molecule has 1 N–H and O–H groups in total. The Balaban J connectivity index is 1.68. The Morgan fingerprint density at radius 3 is 2.37 bits per heavy atom. The highest BCUT2D eigenvalue weighted by Gasteiger charge is 2.16. The first kappa shape index (κ1) is 18.8. The molecule has 27 heavy (non-hydrogen) atoms. The first-order valence-corrected chi connectivity index (χ1v) is 9.11. The van der Waals surface area contributed by atoms with Gasteiger partial charge in [-0.05, 0) is 40.8 Å². The average molecular weight is 385 g/mol. The SMILES string of the molecule is O=C(/C=C/c1ccc(OC(F)F)cc1)N[C@@H](c1ccccc1)c1cccs1. The zero-order valence-corrected chi connectivity index (χ0v) is 15.0. The van der Waals surface area contributed by atoms with Gasteiger partial charge in [0.05, 0.1) is 6.04 Å². The standard InChI is InChI=1S/C21H17F2NO2S/c22-21(23)26-17-11-8-15(9-12-17)10-13-19(25)24-20(18-7-4-14-27-18)16-5-2-1-3-6-16/h1-14,20-21H,(H,24,25)/b13-10+/t20-/m0/s1. The maximum Gasteiger partial charge on any atom is 0.387 e. The number of amides is 1. The number of carbonyl (C=O) groups excluding carboxylic acids is 1. The first-order chi connectivity index (χ1) is 13.1. The average Bonchev–Trinajstić information content (AvgIpc) is 3.20. The summed E-state index contributed by atoms with van der Waals surface area (Å²) < 4.78 is 28.6. The van der Waals surface area contributed by atoms with Gasteiger partial charge in [0, 0.05) is 11.0 Å². The zero-order valence-electron chi connectivity index (χ0n) is 14.2. The van der Waals surface area contributed by atoms with Gasteiger partial charge >= 0.3 is 6.61 Å². The van der Waals surface area contributed by atoms with Gasteiger partial charge in [0.1, 0.15) is 5.75 Å². The number of hydrogen-bond acceptors (Lipinski definition) is 3. The molecule has 0 bridgehead atoms. The number of halogens is 2. The van der Waals surface area contributed by atoms with Gasteiger partial charge in [-0.2, -0.15) is 8.78 Å². The number of ether oxygens (including phenoxy) is 1. The quantitative estimate of drug-likeness (QED) is 0.563. The smallest absolute Gasteiger partial charge is 0.387 e. The van der Waals surface area contributed by atoms with Crippen LogP contribution in [-0.2, 0) is 4.79 Å². The van der Waals surface area contributed by atoms with Crippen molar-refractivity contribution in [2.24, 2.45) is 0 Å². The Morgan fingerprint density at radius 2 is 1.74 bits per heavy atom. The van der Waals surface area contributed by atoms with E-state index in [1.807, 2.05) is 47.8 Å². The van der Waals surface area contributed by atoms with Crippen LogP contribution < -0.4 is 10.1 Å². The van der Waals surface area contributed by atoms with Crippen molar-refractivity contribution in [2.75, 3.05) is 0 Å². The van der Waals surface area contributed by atoms with Crippen LogP contribution in [0.25, 0.3) is 6.08 Å². The summed E-state index contributed by atoms with van der Waals surface area (Å²) in [6.45, 7) is -2.86. The van der Waals surface area contributed by atoms with Crippen molar-refractivity contribution in [1.82, 2.24) is 5.32 Å². The third kappa shape index (κ3) is 5.49. The van der Waals surface area contributed by atoms with Crippen LogP contribution >= 0.6 is 11.3 Å². The number of alkyl halides is 2. The van der Waals surface area contributed by atoms with Crippen LogP contribution in [0, 0.1) is 0 Å². The summed E-state index contributed by atoms with van der Waals surface area (Å²) in [6, 6.07) is 19.5. The predicted molar refractivity (Wildman–Crippen MR) is 103 cm³/mol. The van der Waals surface area contributed by atoms with Crippen molar-refractivity contribution >= 4 is 23.3 Å². The van der Waals surface area contributed by atoms with E-state index in [-0.39, 0.29) is 17.7 Å². The van der Waals surface area contributed by atoms with E-state index in [2.05, 4.69) is 10.1 Å². The Morgan fingerprint density at radius 1 is 1.00 bits per heavy atom. The van der Waals surface area contributed by atoms with Crippen molar-refractivity contribution < 1.29 is 18.3 Å². The Kier molecular flexibility index (Phi) is 6.33. The Hall–Kier alpha value is -2.99. The van der Waals surface area contributed by atoms with Crippen LogP contribution in [0.1, 0.15) is 22.0 Å². The van der Waals surface area contributed by atoms with Crippen LogP contribution in [0.2, 0.25) is 0 Å². The highest BCUT2D eigenvalue weighted by Crippen LogP contribution is 2.26. The lowest BCUT2D eigenvalue weighted by Gasteiger charge is -2.17. The molecule has 0 fully saturated rings. The van der Waals surface area contributed by atoms with Gasteiger partial charge in [0.15, 0.2) is 0 Å². The molecule has 1 amide bonds. The molecule has 6 heteroatoms. The number of carbonyl (C=O) groups is 1. The second-order valence-corrected chi connectivity index (χ2v) is 6.63. The summed E-state index contributed by atoms with van der Waals surface area (Å²) in [6.07, 6.45) is 3.05. The molecular weight excluding hydrogens is 368 g/mol. The molecule has 0 spiro atoms. The molecule has 3 aromatic rings. The summed E-state index contributed by atoms with van der Waals surface area (Å²) in [5.41, 5.74) is 1.70. The number of thiophene rings is 1. The second kappa shape index (κ2) is 9.09. The third-order valence-corrected chi connectivity index (χ3v) is 4.72. The van der Waals surface area contributed by atoms with Crippen molar-refractivity contribution in [3.8, 4) is 5.75 Å². The molecule has 3 nitrogen and oxygen atoms in total. The maximum atomic E-state index is 12.4. The lowest BCUT2D eigenvalue weighted by molar-refractivity contribution is -0.116. The minimum atomic E-state index is -2.86. The molecule has 0 radical (unpaired) electrons. The summed E-state index contributed by atoms with van der Waals surface area (Å²) >= 11 is 1.57. The Labute approximate surface area is 159 Å². The molecule has 0 aliphatic carbocycles. The molecule has 1 atom stereocenters. The maximum absolute atomic E-state index is 12.4. The van der Waals surface area contributed by atoms with Crippen molar-refractivity contribution in [1.29, 1.82) is 0 Å². The molecule has 0 aliphatic rings. The van der Waals surface area contributed by atoms with Gasteiger partial charge in [0.2, 0.25) is 5.91 Å². The van der Waals surface area contributed by atoms with Gasteiger partial charge in [0.25, 0.3) is 0 Å². The van der Waals surface area contributed by atoms with Gasteiger partial charge in [-0.15, -0.1) is 11.3 Å². The predicted octanol–water partition coefficient (Wildman–Crippen LogP) is 5.27. The Bertz CT molecular complexity index is 878. The molecule has 138 valence electrons. The van der Waals surface area contributed by atoms with E-state index in [4.69, 9.17) is 0 Å². The van der Waals surface area contributed by atoms with E-state index in [9.17, 15) is 13.6 Å². The van der Waals surface area contributed by atoms with E-state index < -0.39 is 6.61 Å². The molecule has 0 aliphatic heterocycles. The summed E-state index contributed by atoms with van der Waals surface area (Å²) in [5.74, 6) is -0.168. The minimum absolute atomic E-state index is 0.0773. The van der Waals surface area contributed by atoms with Crippen molar-refractivity contribution in [3.63, 3.8) is 0 Å². The lowest BCUT2D eigenvalue weighted by atomic mass is 10.1. The summed E-state index contributed by atoms with van der Waals surface area (Å²) in [4.78, 5) is 13.4. The molecule has 0 saturated carbocycles. The zero-order chi connectivity index (χ0) is 19.1. The van der Waals surface area contributed by atoms with Crippen molar-refractivity contribution in [2.45, 2.75) is 12.7 Å². The van der Waals surface area contributed by atoms with E-state index in [0.29, 0.717) is 5.56 Å². The largest absolute Gasteiger partial charge is 0.435 e. The topological polar surface area (TPSA) is 38.3 Å². The second-order valence-electron chi connectivity index (χ2n) is 5.65. The van der Waals surface area contributed by atoms with E-state index in [1.165, 1.54) is 18.2 Å². The molecule has 3 rings (SSSR count). The molecule has 1 heterocycles. The van der Waals surface area contributed by atoms with Gasteiger partial charge in [-0.3, -0.25) is 4.79 Å². The van der Waals surface area contributed by atoms with Gasteiger partial charge < -0.3 is 10.1 Å². The number of benzene rings is 2. The van der Waals surface area contributed by atoms with Crippen molar-refractivity contribution in [3.05, 3.63) is 94.2 Å². The molecule has 2 aromatic carbocycles. The minimum Gasteiger partial charge on any atom is -0.435 e. The monoisotopic (exact) mass is 385 g/mol. The number of hydrogen-bond donors (Lipinski definition) is 1. The normalized spacial score (nSPS) is 12.3. The number of nitrogens with one attached hydrogen (secondary N) is 1. The summed E-state index contributed by atoms with van der Waals surface area (Å²) in [7, 11) is 0. The highest BCUT2D eigenvalue weighted by molar-refractivity contribution is 7.10. The third-order valence-electron chi connectivity index (χ3n) is 3.78. The molecule has 1 aromatic heterocycles. The number of rotatable bonds is 7. The molecule has 0 saturated heterocycles. The fraction of sp³-hybridized carbons (Fsp3) is 0.0952. The summed E-state index contributed by atoms with van der Waals surface area (Å²) in [5, 5.41) is 4.97. The molecular formula is C21H17F2NO2S. The first-order valence-electron chi connectivity index (χ1n) is 8.23. The van der Waals surface area contributed by atoms with Crippen LogP contribution in [0.15, 0.2) is 78.2 Å².